The summed E-state index contributed by atoms with van der Waals surface area (Å²) in [6.45, 7) is 4.75. The van der Waals surface area contributed by atoms with Gasteiger partial charge in [-0.15, -0.1) is 20.9 Å². The summed E-state index contributed by atoms with van der Waals surface area (Å²) in [5.41, 5.74) is 0. The molecule has 0 atom stereocenters. The number of piperazine rings is 1. The van der Waals surface area contributed by atoms with E-state index in [0.29, 0.717) is 0 Å². The molecule has 1 fully saturated rings. The fourth-order valence-electron chi connectivity index (χ4n) is 1.23. The van der Waals surface area contributed by atoms with Crippen LogP contribution in [0, 0.1) is 0 Å². The molecular formula is C7H18N2S2. The van der Waals surface area contributed by atoms with Crippen LogP contribution in [-0.4, -0.2) is 54.9 Å². The van der Waals surface area contributed by atoms with Crippen molar-refractivity contribution in [3.63, 3.8) is 0 Å². The number of hydrogen-bond acceptors (Lipinski definition) is 3. The molecule has 1 rings (SSSR count). The molecule has 11 heavy (non-hydrogen) atoms. The summed E-state index contributed by atoms with van der Waals surface area (Å²) in [6, 6.07) is 0. The molecule has 1 aliphatic heterocycles. The molecule has 0 amide bonds. The van der Waals surface area contributed by atoms with Crippen LogP contribution in [0.1, 0.15) is 0 Å². The highest BCUT2D eigenvalue weighted by molar-refractivity contribution is 8.86. The van der Waals surface area contributed by atoms with Crippen molar-refractivity contribution in [3.05, 3.63) is 0 Å². The summed E-state index contributed by atoms with van der Waals surface area (Å²) in [5.74, 6) is 0. The summed E-state index contributed by atoms with van der Waals surface area (Å²) in [5, 5.41) is 0. The second kappa shape index (κ2) is 3.56. The molecule has 0 N–H and O–H groups in total. The van der Waals surface area contributed by atoms with Crippen molar-refractivity contribution in [1.82, 2.24) is 9.21 Å². The van der Waals surface area contributed by atoms with E-state index in [1.807, 2.05) is 0 Å². The van der Waals surface area contributed by atoms with Gasteiger partial charge in [0.1, 0.15) is 0 Å². The molecule has 0 radical (unpaired) electrons. The predicted molar refractivity (Wildman–Crippen MR) is 57.5 cm³/mol. The predicted octanol–water partition coefficient (Wildman–Crippen LogP) is 1.06. The average molecular weight is 194 g/mol. The Morgan fingerprint density at radius 3 is 1.91 bits per heavy atom. The smallest absolute Gasteiger partial charge is 0.0210 e. The molecule has 0 aromatic rings. The Kier molecular flexibility index (Phi) is 3.14. The lowest BCUT2D eigenvalue weighted by Crippen LogP contribution is -2.43. The Bertz CT molecular complexity index is 125. The zero-order valence-corrected chi connectivity index (χ0v) is 9.29. The highest BCUT2D eigenvalue weighted by Crippen LogP contribution is 2.48. The van der Waals surface area contributed by atoms with E-state index < -0.39 is 9.25 Å². The van der Waals surface area contributed by atoms with Crippen LogP contribution in [0.2, 0.25) is 0 Å². The minimum atomic E-state index is -0.748. The second-order valence-electron chi connectivity index (χ2n) is 3.45. The highest BCUT2D eigenvalue weighted by Gasteiger charge is 2.21. The van der Waals surface area contributed by atoms with Crippen LogP contribution < -0.4 is 0 Å². The minimum absolute atomic E-state index is 0.748. The maximum absolute atomic E-state index is 4.62. The van der Waals surface area contributed by atoms with E-state index in [1.165, 1.54) is 26.2 Å². The van der Waals surface area contributed by atoms with Crippen molar-refractivity contribution in [2.45, 2.75) is 0 Å². The van der Waals surface area contributed by atoms with Crippen LogP contribution >= 0.6 is 20.9 Å². The van der Waals surface area contributed by atoms with Gasteiger partial charge in [0.05, 0.1) is 0 Å². The molecule has 0 aromatic carbocycles. The molecule has 0 bridgehead atoms. The molecule has 1 aliphatic rings. The molecule has 4 heteroatoms. The van der Waals surface area contributed by atoms with Crippen molar-refractivity contribution in [2.24, 2.45) is 0 Å². The second-order valence-corrected chi connectivity index (χ2v) is 9.09. The van der Waals surface area contributed by atoms with Crippen LogP contribution in [-0.2, 0) is 0 Å². The fraction of sp³-hybridized carbons (Fsp3) is 1.00. The number of likely N-dealkylation sites (N-methyl/N-ethyl adjacent to an activating group) is 1. The maximum atomic E-state index is 4.62. The maximum Gasteiger partial charge on any atom is 0.0210 e. The molecule has 0 unspecified atom stereocenters. The quantitative estimate of drug-likeness (QED) is 0.492. The molecule has 1 heterocycles. The molecule has 0 aromatic heterocycles. The number of rotatable bonds is 1. The van der Waals surface area contributed by atoms with Gasteiger partial charge < -0.3 is 4.90 Å². The fourth-order valence-corrected chi connectivity index (χ4v) is 2.78. The van der Waals surface area contributed by atoms with Gasteiger partial charge in [0.2, 0.25) is 0 Å². The molecule has 68 valence electrons. The third-order valence-corrected chi connectivity index (χ3v) is 4.42. The van der Waals surface area contributed by atoms with Gasteiger partial charge in [-0.25, -0.2) is 0 Å². The standard InChI is InChI=1S/C7H18N2S2/c1-8-4-6-9(7-5-8)11(2,3)10/h10H,4-7H2,1-3H3. The van der Waals surface area contributed by atoms with E-state index in [2.05, 4.69) is 40.4 Å². The third kappa shape index (κ3) is 2.86. The van der Waals surface area contributed by atoms with Gasteiger partial charge in [0.15, 0.2) is 0 Å². The van der Waals surface area contributed by atoms with E-state index in [0.717, 1.165) is 0 Å². The lowest BCUT2D eigenvalue weighted by Gasteiger charge is -2.43. The minimum Gasteiger partial charge on any atom is -0.304 e. The van der Waals surface area contributed by atoms with E-state index >= 15 is 0 Å². The first-order chi connectivity index (χ1) is 5.00. The average Bonchev–Trinajstić information content (AvgIpc) is 1.86. The summed E-state index contributed by atoms with van der Waals surface area (Å²) in [4.78, 5) is 2.37. The Balaban J connectivity index is 2.39. The number of hydrogen-bond donors (Lipinski definition) is 1. The van der Waals surface area contributed by atoms with E-state index in [1.54, 1.807) is 0 Å². The summed E-state index contributed by atoms with van der Waals surface area (Å²) >= 11 is 4.62. The van der Waals surface area contributed by atoms with E-state index in [-0.39, 0.29) is 0 Å². The molecule has 0 saturated carbocycles. The zero-order valence-electron chi connectivity index (χ0n) is 7.58. The largest absolute Gasteiger partial charge is 0.304 e. The van der Waals surface area contributed by atoms with Crippen LogP contribution in [0.5, 0.6) is 0 Å². The SMILES string of the molecule is CN1CCN(S(C)(C)S)CC1. The lowest BCUT2D eigenvalue weighted by atomic mass is 10.4. The lowest BCUT2D eigenvalue weighted by molar-refractivity contribution is 0.232. The van der Waals surface area contributed by atoms with Crippen LogP contribution in [0.4, 0.5) is 0 Å². The monoisotopic (exact) mass is 194 g/mol. The Morgan fingerprint density at radius 1 is 1.09 bits per heavy atom. The summed E-state index contributed by atoms with van der Waals surface area (Å²) in [6.07, 6.45) is 4.48. The first-order valence-electron chi connectivity index (χ1n) is 3.89. The van der Waals surface area contributed by atoms with E-state index in [9.17, 15) is 0 Å². The first-order valence-corrected chi connectivity index (χ1v) is 7.35. The number of nitrogens with zero attached hydrogens (tertiary/aromatic N) is 2. The first kappa shape index (κ1) is 9.71. The van der Waals surface area contributed by atoms with Gasteiger partial charge in [-0.3, -0.25) is 4.31 Å². The molecule has 0 spiro atoms. The van der Waals surface area contributed by atoms with Crippen LogP contribution in [0.3, 0.4) is 0 Å². The molecule has 0 aliphatic carbocycles. The summed E-state index contributed by atoms with van der Waals surface area (Å²) < 4.78 is 2.50. The Labute approximate surface area is 76.2 Å². The third-order valence-electron chi connectivity index (χ3n) is 2.09. The normalized spacial score (nSPS) is 25.5. The zero-order chi connectivity index (χ0) is 8.48. The molecule has 2 nitrogen and oxygen atoms in total. The topological polar surface area (TPSA) is 6.48 Å². The van der Waals surface area contributed by atoms with Crippen LogP contribution in [0.15, 0.2) is 0 Å². The van der Waals surface area contributed by atoms with Gasteiger partial charge in [-0.05, 0) is 19.6 Å². The van der Waals surface area contributed by atoms with E-state index in [4.69, 9.17) is 0 Å². The van der Waals surface area contributed by atoms with Gasteiger partial charge in [-0.2, -0.15) is 0 Å². The van der Waals surface area contributed by atoms with Crippen molar-refractivity contribution < 1.29 is 0 Å². The van der Waals surface area contributed by atoms with Crippen molar-refractivity contribution >= 4 is 20.9 Å². The van der Waals surface area contributed by atoms with Crippen LogP contribution in [0.25, 0.3) is 0 Å². The molecule has 1 saturated heterocycles. The van der Waals surface area contributed by atoms with Crippen molar-refractivity contribution in [3.8, 4) is 0 Å². The van der Waals surface area contributed by atoms with Crippen molar-refractivity contribution in [1.29, 1.82) is 0 Å². The Morgan fingerprint density at radius 2 is 1.55 bits per heavy atom. The molecular weight excluding hydrogens is 176 g/mol. The Hall–Kier alpha value is 0.620. The van der Waals surface area contributed by atoms with Crippen molar-refractivity contribution in [2.75, 3.05) is 45.7 Å². The van der Waals surface area contributed by atoms with Gasteiger partial charge in [-0.1, -0.05) is 0 Å². The number of thiol groups is 1. The highest BCUT2D eigenvalue weighted by atomic mass is 33.1. The summed E-state index contributed by atoms with van der Waals surface area (Å²) in [7, 11) is 1.43. The van der Waals surface area contributed by atoms with Gasteiger partial charge in [0.25, 0.3) is 0 Å². The van der Waals surface area contributed by atoms with Gasteiger partial charge in [0, 0.05) is 26.2 Å². The van der Waals surface area contributed by atoms with Gasteiger partial charge >= 0.3 is 0 Å².